The summed E-state index contributed by atoms with van der Waals surface area (Å²) in [6.07, 6.45) is 0.819. The second-order valence-electron chi connectivity index (χ2n) is 3.42. The Labute approximate surface area is 77.5 Å². The highest BCUT2D eigenvalue weighted by atomic mass is 19.1. The van der Waals surface area contributed by atoms with E-state index in [0.717, 1.165) is 17.5 Å². The van der Waals surface area contributed by atoms with E-state index in [9.17, 15) is 4.39 Å². The van der Waals surface area contributed by atoms with Crippen LogP contribution < -0.4 is 0 Å². The van der Waals surface area contributed by atoms with Gasteiger partial charge in [-0.2, -0.15) is 0 Å². The van der Waals surface area contributed by atoms with Crippen LogP contribution in [0.25, 0.3) is 0 Å². The maximum absolute atomic E-state index is 13.4. The number of hydrogen-bond acceptors (Lipinski definition) is 1. The average Bonchev–Trinajstić information content (AvgIpc) is 2.45. The van der Waals surface area contributed by atoms with Crippen LogP contribution in [-0.4, -0.2) is 0 Å². The molecule has 0 amide bonds. The van der Waals surface area contributed by atoms with Gasteiger partial charge in [-0.25, -0.2) is 4.39 Å². The molecule has 0 aliphatic carbocycles. The number of fused-ring (bicyclic) bond motifs is 1. The van der Waals surface area contributed by atoms with E-state index in [4.69, 9.17) is 4.74 Å². The van der Waals surface area contributed by atoms with Gasteiger partial charge >= 0.3 is 0 Å². The first-order valence-corrected chi connectivity index (χ1v) is 4.67. The van der Waals surface area contributed by atoms with E-state index < -0.39 is 0 Å². The Balaban J connectivity index is 2.52. The summed E-state index contributed by atoms with van der Waals surface area (Å²) in [6.45, 7) is 3.98. The molecule has 0 bridgehead atoms. The fraction of sp³-hybridized carbons (Fsp3) is 0.455. The largest absolute Gasteiger partial charge is 0.366 e. The molecule has 2 atom stereocenters. The van der Waals surface area contributed by atoms with Crippen LogP contribution in [0, 0.1) is 5.82 Å². The van der Waals surface area contributed by atoms with Crippen molar-refractivity contribution in [2.24, 2.45) is 0 Å². The van der Waals surface area contributed by atoms with Crippen molar-refractivity contribution in [3.63, 3.8) is 0 Å². The van der Waals surface area contributed by atoms with Gasteiger partial charge in [0.1, 0.15) is 5.82 Å². The van der Waals surface area contributed by atoms with Crippen molar-refractivity contribution in [1.29, 1.82) is 0 Å². The molecule has 0 radical (unpaired) electrons. The summed E-state index contributed by atoms with van der Waals surface area (Å²) in [4.78, 5) is 0. The lowest BCUT2D eigenvalue weighted by molar-refractivity contribution is 0.0189. The highest BCUT2D eigenvalue weighted by molar-refractivity contribution is 5.35. The minimum atomic E-state index is -0.131. The van der Waals surface area contributed by atoms with Crippen LogP contribution in [0.4, 0.5) is 4.39 Å². The quantitative estimate of drug-likeness (QED) is 0.643. The number of ether oxygens (including phenoxy) is 1. The van der Waals surface area contributed by atoms with Gasteiger partial charge in [0.25, 0.3) is 0 Å². The van der Waals surface area contributed by atoms with Gasteiger partial charge < -0.3 is 4.74 Å². The summed E-state index contributed by atoms with van der Waals surface area (Å²) in [5.74, 6) is -0.131. The van der Waals surface area contributed by atoms with Gasteiger partial charge in [-0.05, 0) is 25.0 Å². The molecule has 0 aromatic heterocycles. The predicted molar refractivity (Wildman–Crippen MR) is 48.9 cm³/mol. The van der Waals surface area contributed by atoms with Gasteiger partial charge in [0.2, 0.25) is 0 Å². The number of halogens is 1. The minimum absolute atomic E-state index is 0.0376. The zero-order valence-electron chi connectivity index (χ0n) is 7.88. The minimum Gasteiger partial charge on any atom is -0.366 e. The van der Waals surface area contributed by atoms with Crippen LogP contribution in [0.15, 0.2) is 18.2 Å². The third-order valence-electron chi connectivity index (χ3n) is 2.59. The van der Waals surface area contributed by atoms with Crippen molar-refractivity contribution in [3.8, 4) is 0 Å². The van der Waals surface area contributed by atoms with E-state index in [2.05, 4.69) is 0 Å². The molecule has 2 heteroatoms. The van der Waals surface area contributed by atoms with Gasteiger partial charge in [-0.3, -0.25) is 0 Å². The van der Waals surface area contributed by atoms with Gasteiger partial charge in [-0.1, -0.05) is 19.1 Å². The number of hydrogen-bond donors (Lipinski definition) is 0. The maximum Gasteiger partial charge on any atom is 0.129 e. The molecule has 1 aliphatic rings. The summed E-state index contributed by atoms with van der Waals surface area (Å²) >= 11 is 0. The van der Waals surface area contributed by atoms with E-state index in [1.165, 1.54) is 6.07 Å². The highest BCUT2D eigenvalue weighted by Crippen LogP contribution is 2.41. The lowest BCUT2D eigenvalue weighted by Gasteiger charge is -2.08. The summed E-state index contributed by atoms with van der Waals surface area (Å²) in [6, 6.07) is 5.19. The van der Waals surface area contributed by atoms with Gasteiger partial charge in [-0.15, -0.1) is 0 Å². The normalized spacial score (nSPS) is 26.1. The highest BCUT2D eigenvalue weighted by Gasteiger charge is 2.29. The second kappa shape index (κ2) is 3.11. The van der Waals surface area contributed by atoms with E-state index in [1.807, 2.05) is 19.9 Å². The third kappa shape index (κ3) is 1.25. The Morgan fingerprint density at radius 2 is 2.23 bits per heavy atom. The summed E-state index contributed by atoms with van der Waals surface area (Å²) in [7, 11) is 0. The Morgan fingerprint density at radius 1 is 1.46 bits per heavy atom. The van der Waals surface area contributed by atoms with Crippen LogP contribution in [0.5, 0.6) is 0 Å². The molecule has 13 heavy (non-hydrogen) atoms. The molecular formula is C11H13FO. The zero-order valence-corrected chi connectivity index (χ0v) is 7.88. The molecule has 0 fully saturated rings. The molecule has 1 aromatic carbocycles. The topological polar surface area (TPSA) is 9.23 Å². The van der Waals surface area contributed by atoms with E-state index in [0.29, 0.717) is 0 Å². The van der Waals surface area contributed by atoms with Crippen LogP contribution in [0.2, 0.25) is 0 Å². The molecule has 1 aliphatic heterocycles. The standard InChI is InChI=1S/C11H13FO/c1-3-10-11-8(7(2)13-10)5-4-6-9(11)12/h4-7,10H,3H2,1-2H3. The Kier molecular flexibility index (Phi) is 2.08. The first-order chi connectivity index (χ1) is 6.24. The predicted octanol–water partition coefficient (Wildman–Crippen LogP) is 3.37. The van der Waals surface area contributed by atoms with Gasteiger partial charge in [0, 0.05) is 5.56 Å². The Bertz CT molecular complexity index is 322. The van der Waals surface area contributed by atoms with Crippen molar-refractivity contribution in [2.75, 3.05) is 0 Å². The fourth-order valence-corrected chi connectivity index (χ4v) is 1.94. The zero-order chi connectivity index (χ0) is 9.42. The van der Waals surface area contributed by atoms with Crippen LogP contribution in [0.1, 0.15) is 43.6 Å². The smallest absolute Gasteiger partial charge is 0.129 e. The van der Waals surface area contributed by atoms with Gasteiger partial charge in [0.05, 0.1) is 12.2 Å². The van der Waals surface area contributed by atoms with Crippen LogP contribution >= 0.6 is 0 Å². The molecule has 0 saturated heterocycles. The number of benzene rings is 1. The molecule has 1 heterocycles. The molecule has 0 spiro atoms. The molecular weight excluding hydrogens is 167 g/mol. The third-order valence-corrected chi connectivity index (χ3v) is 2.59. The molecule has 2 rings (SSSR count). The first kappa shape index (κ1) is 8.70. The van der Waals surface area contributed by atoms with Gasteiger partial charge in [0.15, 0.2) is 0 Å². The van der Waals surface area contributed by atoms with Crippen LogP contribution in [-0.2, 0) is 4.74 Å². The average molecular weight is 180 g/mol. The second-order valence-corrected chi connectivity index (χ2v) is 3.42. The van der Waals surface area contributed by atoms with Crippen molar-refractivity contribution < 1.29 is 9.13 Å². The number of rotatable bonds is 1. The van der Waals surface area contributed by atoms with Crippen molar-refractivity contribution >= 4 is 0 Å². The molecule has 2 unspecified atom stereocenters. The fourth-order valence-electron chi connectivity index (χ4n) is 1.94. The Morgan fingerprint density at radius 3 is 2.92 bits per heavy atom. The molecule has 70 valence electrons. The Hall–Kier alpha value is -0.890. The van der Waals surface area contributed by atoms with E-state index in [-0.39, 0.29) is 18.0 Å². The maximum atomic E-state index is 13.4. The molecule has 0 saturated carbocycles. The molecule has 1 nitrogen and oxygen atoms in total. The van der Waals surface area contributed by atoms with Crippen molar-refractivity contribution in [2.45, 2.75) is 32.5 Å². The first-order valence-electron chi connectivity index (χ1n) is 4.67. The van der Waals surface area contributed by atoms with Crippen molar-refractivity contribution in [1.82, 2.24) is 0 Å². The summed E-state index contributed by atoms with van der Waals surface area (Å²) < 4.78 is 19.0. The van der Waals surface area contributed by atoms with Crippen molar-refractivity contribution in [3.05, 3.63) is 35.1 Å². The van der Waals surface area contributed by atoms with E-state index in [1.54, 1.807) is 6.07 Å². The molecule has 0 N–H and O–H groups in total. The molecule has 1 aromatic rings. The lowest BCUT2D eigenvalue weighted by atomic mass is 10.0. The lowest BCUT2D eigenvalue weighted by Crippen LogP contribution is -1.96. The SMILES string of the molecule is CCC1OC(C)c2cccc(F)c21. The van der Waals surface area contributed by atoms with E-state index >= 15 is 0 Å². The van der Waals surface area contributed by atoms with Crippen LogP contribution in [0.3, 0.4) is 0 Å². The monoisotopic (exact) mass is 180 g/mol. The summed E-state index contributed by atoms with van der Waals surface area (Å²) in [5, 5.41) is 0. The summed E-state index contributed by atoms with van der Waals surface area (Å²) in [5.41, 5.74) is 1.77.